The molecule has 0 bridgehead atoms. The van der Waals surface area contributed by atoms with E-state index in [0.717, 1.165) is 15.2 Å². The van der Waals surface area contributed by atoms with Crippen molar-refractivity contribution in [3.63, 3.8) is 0 Å². The molecule has 0 heterocycles. The number of halogens is 4. The fourth-order valence-electron chi connectivity index (χ4n) is 2.06. The van der Waals surface area contributed by atoms with E-state index in [1.807, 2.05) is 31.2 Å². The molecule has 2 aromatic rings. The maximum atomic E-state index is 13.9. The van der Waals surface area contributed by atoms with Crippen LogP contribution in [0.15, 0.2) is 36.4 Å². The Morgan fingerprint density at radius 1 is 1.05 bits per heavy atom. The van der Waals surface area contributed by atoms with Gasteiger partial charge in [0.05, 0.1) is 6.04 Å². The number of hydrogen-bond acceptors (Lipinski definition) is 1. The Hall–Kier alpha value is -1.08. The summed E-state index contributed by atoms with van der Waals surface area (Å²) in [6.07, 6.45) is 0. The zero-order valence-electron chi connectivity index (χ0n) is 10.8. The molecule has 0 amide bonds. The standard InChI is InChI=1S/C15H13F3IN/c1-2-20-15(9-4-3-5-10(19)6-9)11-7-13(17)14(18)8-12(11)16/h3-8,15,20H,2H2,1H3. The number of rotatable bonds is 4. The Morgan fingerprint density at radius 3 is 2.40 bits per heavy atom. The fraction of sp³-hybridized carbons (Fsp3) is 0.200. The predicted molar refractivity (Wildman–Crippen MR) is 81.0 cm³/mol. The summed E-state index contributed by atoms with van der Waals surface area (Å²) in [5.74, 6) is -2.98. The first-order chi connectivity index (χ1) is 9.52. The summed E-state index contributed by atoms with van der Waals surface area (Å²) in [6.45, 7) is 2.45. The molecule has 0 aromatic heterocycles. The van der Waals surface area contributed by atoms with Crippen molar-refractivity contribution in [2.24, 2.45) is 0 Å². The minimum absolute atomic E-state index is 0.104. The lowest BCUT2D eigenvalue weighted by molar-refractivity contribution is 0.481. The van der Waals surface area contributed by atoms with Crippen molar-refractivity contribution in [3.8, 4) is 0 Å². The molecule has 5 heteroatoms. The molecule has 0 saturated carbocycles. The van der Waals surface area contributed by atoms with E-state index in [-0.39, 0.29) is 5.56 Å². The third-order valence-corrected chi connectivity index (χ3v) is 3.61. The monoisotopic (exact) mass is 391 g/mol. The van der Waals surface area contributed by atoms with Crippen LogP contribution in [0.1, 0.15) is 24.1 Å². The molecular formula is C15H13F3IN. The van der Waals surface area contributed by atoms with Crippen molar-refractivity contribution in [1.29, 1.82) is 0 Å². The van der Waals surface area contributed by atoms with Gasteiger partial charge in [-0.3, -0.25) is 0 Å². The smallest absolute Gasteiger partial charge is 0.161 e. The Balaban J connectivity index is 2.51. The van der Waals surface area contributed by atoms with Gasteiger partial charge in [0.25, 0.3) is 0 Å². The van der Waals surface area contributed by atoms with E-state index >= 15 is 0 Å². The van der Waals surface area contributed by atoms with E-state index < -0.39 is 23.5 Å². The average molecular weight is 391 g/mol. The molecule has 1 nitrogen and oxygen atoms in total. The summed E-state index contributed by atoms with van der Waals surface area (Å²) in [5.41, 5.74) is 0.913. The lowest BCUT2D eigenvalue weighted by Gasteiger charge is -2.20. The molecule has 2 aromatic carbocycles. The van der Waals surface area contributed by atoms with E-state index in [9.17, 15) is 13.2 Å². The summed E-state index contributed by atoms with van der Waals surface area (Å²) in [4.78, 5) is 0. The van der Waals surface area contributed by atoms with Gasteiger partial charge in [0, 0.05) is 15.2 Å². The normalized spacial score (nSPS) is 12.4. The number of nitrogens with one attached hydrogen (secondary N) is 1. The molecule has 0 aliphatic carbocycles. The van der Waals surface area contributed by atoms with Crippen LogP contribution in [0.25, 0.3) is 0 Å². The summed E-state index contributed by atoms with van der Waals surface area (Å²) in [5, 5.41) is 3.10. The molecule has 0 spiro atoms. The second-order valence-electron chi connectivity index (χ2n) is 4.33. The molecule has 106 valence electrons. The maximum absolute atomic E-state index is 13.9. The van der Waals surface area contributed by atoms with E-state index in [0.29, 0.717) is 12.6 Å². The van der Waals surface area contributed by atoms with Gasteiger partial charge in [0.15, 0.2) is 11.6 Å². The van der Waals surface area contributed by atoms with Crippen LogP contribution in [0.3, 0.4) is 0 Å². The first-order valence-corrected chi connectivity index (χ1v) is 7.24. The lowest BCUT2D eigenvalue weighted by Crippen LogP contribution is -2.23. The molecule has 20 heavy (non-hydrogen) atoms. The Labute approximate surface area is 129 Å². The van der Waals surface area contributed by atoms with Gasteiger partial charge in [-0.05, 0) is 52.9 Å². The van der Waals surface area contributed by atoms with E-state index in [1.165, 1.54) is 0 Å². The maximum Gasteiger partial charge on any atom is 0.161 e. The fourth-order valence-corrected chi connectivity index (χ4v) is 2.62. The first kappa shape index (κ1) is 15.3. The van der Waals surface area contributed by atoms with Crippen LogP contribution in [0.5, 0.6) is 0 Å². The van der Waals surface area contributed by atoms with Crippen LogP contribution >= 0.6 is 22.6 Å². The second-order valence-corrected chi connectivity index (χ2v) is 5.58. The van der Waals surface area contributed by atoms with Gasteiger partial charge < -0.3 is 5.32 Å². The minimum Gasteiger partial charge on any atom is -0.306 e. The van der Waals surface area contributed by atoms with Gasteiger partial charge in [-0.1, -0.05) is 19.1 Å². The summed E-state index contributed by atoms with van der Waals surface area (Å²) in [6, 6.07) is 8.46. The van der Waals surface area contributed by atoms with Gasteiger partial charge in [-0.2, -0.15) is 0 Å². The average Bonchev–Trinajstić information content (AvgIpc) is 2.40. The number of benzene rings is 2. The highest BCUT2D eigenvalue weighted by molar-refractivity contribution is 14.1. The zero-order chi connectivity index (χ0) is 14.7. The van der Waals surface area contributed by atoms with Crippen LogP contribution in [0.2, 0.25) is 0 Å². The van der Waals surface area contributed by atoms with E-state index in [4.69, 9.17) is 0 Å². The Morgan fingerprint density at radius 2 is 1.75 bits per heavy atom. The SMILES string of the molecule is CCNC(c1cccc(I)c1)c1cc(F)c(F)cc1F. The first-order valence-electron chi connectivity index (χ1n) is 6.16. The summed E-state index contributed by atoms with van der Waals surface area (Å²) < 4.78 is 41.4. The highest BCUT2D eigenvalue weighted by Gasteiger charge is 2.20. The third-order valence-electron chi connectivity index (χ3n) is 2.94. The van der Waals surface area contributed by atoms with Gasteiger partial charge >= 0.3 is 0 Å². The molecule has 2 rings (SSSR count). The highest BCUT2D eigenvalue weighted by atomic mass is 127. The van der Waals surface area contributed by atoms with Gasteiger partial charge in [0.1, 0.15) is 5.82 Å². The summed E-state index contributed by atoms with van der Waals surface area (Å²) >= 11 is 2.15. The second kappa shape index (κ2) is 6.58. The molecule has 1 N–H and O–H groups in total. The van der Waals surface area contributed by atoms with Crippen molar-refractivity contribution >= 4 is 22.6 Å². The molecule has 0 fully saturated rings. The van der Waals surface area contributed by atoms with Crippen LogP contribution in [-0.2, 0) is 0 Å². The lowest BCUT2D eigenvalue weighted by atomic mass is 9.98. The molecule has 0 aliphatic heterocycles. The quantitative estimate of drug-likeness (QED) is 0.602. The van der Waals surface area contributed by atoms with E-state index in [1.54, 1.807) is 0 Å². The largest absolute Gasteiger partial charge is 0.306 e. The topological polar surface area (TPSA) is 12.0 Å². The van der Waals surface area contributed by atoms with Crippen molar-refractivity contribution in [2.75, 3.05) is 6.54 Å². The molecule has 0 radical (unpaired) electrons. The van der Waals surface area contributed by atoms with Crippen molar-refractivity contribution in [1.82, 2.24) is 5.32 Å². The predicted octanol–water partition coefficient (Wildman–Crippen LogP) is 4.41. The van der Waals surface area contributed by atoms with Gasteiger partial charge in [-0.15, -0.1) is 0 Å². The van der Waals surface area contributed by atoms with E-state index in [2.05, 4.69) is 27.9 Å². The summed E-state index contributed by atoms with van der Waals surface area (Å²) in [7, 11) is 0. The Kier molecular flexibility index (Phi) is 5.04. The third kappa shape index (κ3) is 3.32. The zero-order valence-corrected chi connectivity index (χ0v) is 12.9. The molecule has 1 unspecified atom stereocenters. The van der Waals surface area contributed by atoms with Crippen molar-refractivity contribution < 1.29 is 13.2 Å². The molecule has 0 aliphatic rings. The van der Waals surface area contributed by atoms with Crippen LogP contribution in [-0.4, -0.2) is 6.54 Å². The number of hydrogen-bond donors (Lipinski definition) is 1. The molecule has 1 atom stereocenters. The minimum atomic E-state index is -1.18. The van der Waals surface area contributed by atoms with Crippen LogP contribution in [0, 0.1) is 21.0 Å². The van der Waals surface area contributed by atoms with Gasteiger partial charge in [-0.25, -0.2) is 13.2 Å². The van der Waals surface area contributed by atoms with Crippen molar-refractivity contribution in [3.05, 3.63) is 68.5 Å². The highest BCUT2D eigenvalue weighted by Crippen LogP contribution is 2.27. The van der Waals surface area contributed by atoms with Crippen LogP contribution < -0.4 is 5.32 Å². The molecule has 0 saturated heterocycles. The Bertz CT molecular complexity index is 616. The van der Waals surface area contributed by atoms with Gasteiger partial charge in [0.2, 0.25) is 0 Å². The molecular weight excluding hydrogens is 378 g/mol. The van der Waals surface area contributed by atoms with Crippen LogP contribution in [0.4, 0.5) is 13.2 Å². The van der Waals surface area contributed by atoms with Crippen molar-refractivity contribution in [2.45, 2.75) is 13.0 Å².